The standard InChI is InChI=1S/C12H28Cl2OSi2/c1-9(2)16(10(3)4,11(5)6)15-17(13,14)12(7)8/h9-12H,1-8H3. The molecule has 0 rings (SSSR count). The van der Waals surface area contributed by atoms with Crippen LogP contribution in [0.5, 0.6) is 0 Å². The van der Waals surface area contributed by atoms with Crippen molar-refractivity contribution in [1.29, 1.82) is 0 Å². The minimum Gasteiger partial charge on any atom is -0.433 e. The highest BCUT2D eigenvalue weighted by Crippen LogP contribution is 2.47. The highest BCUT2D eigenvalue weighted by molar-refractivity contribution is 7.44. The molecule has 0 saturated carbocycles. The summed E-state index contributed by atoms with van der Waals surface area (Å²) in [5.74, 6) is 0. The van der Waals surface area contributed by atoms with Crippen LogP contribution in [0.25, 0.3) is 0 Å². The van der Waals surface area contributed by atoms with Crippen molar-refractivity contribution in [3.63, 3.8) is 0 Å². The van der Waals surface area contributed by atoms with Crippen LogP contribution in [0.2, 0.25) is 22.2 Å². The molecule has 0 spiro atoms. The highest BCUT2D eigenvalue weighted by atomic mass is 35.7. The van der Waals surface area contributed by atoms with Gasteiger partial charge in [-0.1, -0.05) is 55.4 Å². The molecule has 0 aromatic rings. The Kier molecular flexibility index (Phi) is 6.79. The van der Waals surface area contributed by atoms with Crippen molar-refractivity contribution in [3.05, 3.63) is 0 Å². The van der Waals surface area contributed by atoms with Gasteiger partial charge in [0, 0.05) is 0 Å². The molecular formula is C12H28Cl2OSi2. The second-order valence-corrected chi connectivity index (χ2v) is 18.4. The Hall–Kier alpha value is 0.974. The van der Waals surface area contributed by atoms with E-state index in [2.05, 4.69) is 55.4 Å². The molecule has 5 heteroatoms. The van der Waals surface area contributed by atoms with Gasteiger partial charge < -0.3 is 4.12 Å². The van der Waals surface area contributed by atoms with E-state index in [9.17, 15) is 0 Å². The first-order valence-electron chi connectivity index (χ1n) is 6.56. The van der Waals surface area contributed by atoms with E-state index in [1.807, 2.05) is 0 Å². The third-order valence-corrected chi connectivity index (χ3v) is 17.0. The van der Waals surface area contributed by atoms with Gasteiger partial charge in [0.25, 0.3) is 0 Å². The molecule has 0 atom stereocenters. The number of hydrogen-bond acceptors (Lipinski definition) is 1. The van der Waals surface area contributed by atoms with Gasteiger partial charge in [-0.15, -0.1) is 22.2 Å². The monoisotopic (exact) mass is 314 g/mol. The van der Waals surface area contributed by atoms with Crippen molar-refractivity contribution in [3.8, 4) is 0 Å². The first-order chi connectivity index (χ1) is 7.48. The zero-order valence-electron chi connectivity index (χ0n) is 12.5. The molecule has 0 aliphatic carbocycles. The predicted octanol–water partition coefficient (Wildman–Crippen LogP) is 6.01. The average molecular weight is 315 g/mol. The molecule has 0 fully saturated rings. The Labute approximate surface area is 119 Å². The lowest BCUT2D eigenvalue weighted by molar-refractivity contribution is 0.484. The summed E-state index contributed by atoms with van der Waals surface area (Å²) in [5.41, 5.74) is 1.83. The molecule has 0 aromatic carbocycles. The van der Waals surface area contributed by atoms with Crippen LogP contribution in [0.4, 0.5) is 0 Å². The fourth-order valence-electron chi connectivity index (χ4n) is 2.71. The summed E-state index contributed by atoms with van der Waals surface area (Å²) in [5, 5.41) is 0. The molecule has 1 nitrogen and oxygen atoms in total. The first kappa shape index (κ1) is 18.0. The first-order valence-corrected chi connectivity index (χ1v) is 12.7. The number of rotatable bonds is 6. The van der Waals surface area contributed by atoms with Crippen molar-refractivity contribution in [2.45, 2.75) is 77.6 Å². The van der Waals surface area contributed by atoms with E-state index in [0.717, 1.165) is 0 Å². The zero-order chi connectivity index (χ0) is 14.0. The number of hydrogen-bond donors (Lipinski definition) is 0. The summed E-state index contributed by atoms with van der Waals surface area (Å²) in [6.07, 6.45) is 0. The summed E-state index contributed by atoms with van der Waals surface area (Å²) >= 11 is 13.0. The average Bonchev–Trinajstić information content (AvgIpc) is 2.12. The van der Waals surface area contributed by atoms with Gasteiger partial charge in [0.1, 0.15) is 0 Å². The summed E-state index contributed by atoms with van der Waals surface area (Å²) in [6, 6.07) is 0. The molecule has 0 aliphatic heterocycles. The van der Waals surface area contributed by atoms with Crippen molar-refractivity contribution in [1.82, 2.24) is 0 Å². The van der Waals surface area contributed by atoms with Crippen LogP contribution in [-0.2, 0) is 4.12 Å². The fourth-order valence-corrected chi connectivity index (χ4v) is 14.8. The van der Waals surface area contributed by atoms with Gasteiger partial charge in [0.2, 0.25) is 0 Å². The summed E-state index contributed by atoms with van der Waals surface area (Å²) in [4.78, 5) is 0. The van der Waals surface area contributed by atoms with Gasteiger partial charge >= 0.3 is 6.94 Å². The third kappa shape index (κ3) is 3.97. The Morgan fingerprint density at radius 3 is 1.12 bits per heavy atom. The lowest BCUT2D eigenvalue weighted by atomic mass is 10.5. The largest absolute Gasteiger partial charge is 0.433 e. The molecule has 0 radical (unpaired) electrons. The smallest absolute Gasteiger partial charge is 0.381 e. The highest BCUT2D eigenvalue weighted by Gasteiger charge is 2.51. The maximum absolute atomic E-state index is 6.50. The molecule has 0 bridgehead atoms. The topological polar surface area (TPSA) is 9.23 Å². The van der Waals surface area contributed by atoms with Crippen LogP contribution in [0, 0.1) is 0 Å². The second-order valence-electron chi connectivity index (χ2n) is 6.14. The Bertz CT molecular complexity index is 219. The van der Waals surface area contributed by atoms with Crippen molar-refractivity contribution >= 4 is 37.4 Å². The maximum atomic E-state index is 6.50. The van der Waals surface area contributed by atoms with E-state index < -0.39 is 15.3 Å². The molecule has 104 valence electrons. The Balaban J connectivity index is 5.34. The zero-order valence-corrected chi connectivity index (χ0v) is 16.0. The van der Waals surface area contributed by atoms with Crippen LogP contribution in [0.1, 0.15) is 55.4 Å². The molecule has 17 heavy (non-hydrogen) atoms. The Morgan fingerprint density at radius 1 is 0.647 bits per heavy atom. The predicted molar refractivity (Wildman–Crippen MR) is 84.7 cm³/mol. The van der Waals surface area contributed by atoms with E-state index in [1.54, 1.807) is 0 Å². The lowest BCUT2D eigenvalue weighted by Crippen LogP contribution is -2.54. The molecule has 0 amide bonds. The lowest BCUT2D eigenvalue weighted by Gasteiger charge is -2.46. The van der Waals surface area contributed by atoms with Crippen molar-refractivity contribution in [2.75, 3.05) is 0 Å². The fraction of sp³-hybridized carbons (Fsp3) is 1.00. The van der Waals surface area contributed by atoms with Gasteiger partial charge in [0.05, 0.1) is 0 Å². The van der Waals surface area contributed by atoms with Crippen LogP contribution >= 0.6 is 22.2 Å². The van der Waals surface area contributed by atoms with E-state index in [1.165, 1.54) is 0 Å². The molecular weight excluding hydrogens is 287 g/mol. The van der Waals surface area contributed by atoms with E-state index >= 15 is 0 Å². The van der Waals surface area contributed by atoms with Crippen LogP contribution < -0.4 is 0 Å². The van der Waals surface area contributed by atoms with Gasteiger partial charge in [0.15, 0.2) is 8.32 Å². The molecule has 0 unspecified atom stereocenters. The molecule has 0 saturated heterocycles. The van der Waals surface area contributed by atoms with Crippen molar-refractivity contribution in [2.24, 2.45) is 0 Å². The SMILES string of the molecule is CC(C)[Si](Cl)(Cl)O[Si](C(C)C)(C(C)C)C(C)C. The number of halogens is 2. The van der Waals surface area contributed by atoms with Crippen LogP contribution in [0.3, 0.4) is 0 Å². The Morgan fingerprint density at radius 2 is 0.941 bits per heavy atom. The van der Waals surface area contributed by atoms with Crippen LogP contribution in [-0.4, -0.2) is 15.3 Å². The van der Waals surface area contributed by atoms with E-state index in [-0.39, 0.29) is 5.54 Å². The third-order valence-electron chi connectivity index (χ3n) is 3.69. The van der Waals surface area contributed by atoms with E-state index in [4.69, 9.17) is 26.3 Å². The summed E-state index contributed by atoms with van der Waals surface area (Å²) < 4.78 is 6.48. The quantitative estimate of drug-likeness (QED) is 0.431. The molecule has 0 heterocycles. The normalized spacial score (nSPS) is 14.5. The van der Waals surface area contributed by atoms with Gasteiger partial charge in [-0.3, -0.25) is 0 Å². The van der Waals surface area contributed by atoms with Gasteiger partial charge in [-0.2, -0.15) is 0 Å². The summed E-state index contributed by atoms with van der Waals surface area (Å²) in [7, 11) is -1.93. The molecule has 0 aliphatic rings. The molecule has 0 aromatic heterocycles. The van der Waals surface area contributed by atoms with E-state index in [0.29, 0.717) is 16.6 Å². The van der Waals surface area contributed by atoms with Gasteiger partial charge in [-0.25, -0.2) is 0 Å². The van der Waals surface area contributed by atoms with Gasteiger partial charge in [-0.05, 0) is 22.2 Å². The van der Waals surface area contributed by atoms with Crippen LogP contribution in [0.15, 0.2) is 0 Å². The second kappa shape index (κ2) is 6.42. The minimum atomic E-state index is -2.60. The summed E-state index contributed by atoms with van der Waals surface area (Å²) in [6.45, 7) is 15.1. The van der Waals surface area contributed by atoms with Crippen molar-refractivity contribution < 1.29 is 4.12 Å². The maximum Gasteiger partial charge on any atom is 0.381 e. The minimum absolute atomic E-state index is 0.231. The molecule has 0 N–H and O–H groups in total.